The van der Waals surface area contributed by atoms with Crippen molar-refractivity contribution in [2.45, 2.75) is 32.8 Å². The van der Waals surface area contributed by atoms with Crippen molar-refractivity contribution in [3.63, 3.8) is 0 Å². The number of Topliss-reactive ketones (excluding diaryl/α,β-unsaturated/α-hetero) is 1. The van der Waals surface area contributed by atoms with Crippen LogP contribution in [0.1, 0.15) is 26.7 Å². The van der Waals surface area contributed by atoms with Gasteiger partial charge in [-0.15, -0.1) is 0 Å². The van der Waals surface area contributed by atoms with Gasteiger partial charge < -0.3 is 9.47 Å². The van der Waals surface area contributed by atoms with Crippen molar-refractivity contribution >= 4 is 11.8 Å². The Morgan fingerprint density at radius 3 is 2.88 bits per heavy atom. The first-order valence-electron chi connectivity index (χ1n) is 5.67. The highest BCUT2D eigenvalue weighted by Crippen LogP contribution is 2.48. The number of rotatable bonds is 2. The van der Waals surface area contributed by atoms with Crippen LogP contribution < -0.4 is 0 Å². The lowest BCUT2D eigenvalue weighted by molar-refractivity contribution is -0.142. The maximum Gasteiger partial charge on any atom is 0.305 e. The van der Waals surface area contributed by atoms with Crippen LogP contribution in [0.5, 0.6) is 0 Å². The van der Waals surface area contributed by atoms with E-state index in [4.69, 9.17) is 4.74 Å². The number of carbonyl (C=O) groups excluding carboxylic acids is 2. The Balaban J connectivity index is 2.11. The lowest BCUT2D eigenvalue weighted by Crippen LogP contribution is -2.28. The van der Waals surface area contributed by atoms with Crippen LogP contribution in [-0.2, 0) is 19.1 Å². The molecule has 16 heavy (non-hydrogen) atoms. The molecule has 4 nitrogen and oxygen atoms in total. The average molecular weight is 226 g/mol. The molecule has 2 rings (SSSR count). The summed E-state index contributed by atoms with van der Waals surface area (Å²) < 4.78 is 10.3. The minimum Gasteiger partial charge on any atom is -0.469 e. The molecule has 0 aromatic rings. The molecule has 1 heterocycles. The zero-order valence-corrected chi connectivity index (χ0v) is 9.99. The van der Waals surface area contributed by atoms with E-state index >= 15 is 0 Å². The van der Waals surface area contributed by atoms with Crippen LogP contribution in [0.3, 0.4) is 0 Å². The highest BCUT2D eigenvalue weighted by molar-refractivity contribution is 5.86. The van der Waals surface area contributed by atoms with E-state index in [1.807, 2.05) is 0 Å². The summed E-state index contributed by atoms with van der Waals surface area (Å²) in [6, 6.07) is 0. The van der Waals surface area contributed by atoms with Crippen molar-refractivity contribution in [1.29, 1.82) is 0 Å². The van der Waals surface area contributed by atoms with E-state index in [9.17, 15) is 9.59 Å². The molecular formula is C12H18O4. The van der Waals surface area contributed by atoms with Gasteiger partial charge in [0.15, 0.2) is 0 Å². The molecule has 0 amide bonds. The molecule has 0 spiro atoms. The maximum absolute atomic E-state index is 11.9. The number of carbonyl (C=O) groups is 2. The van der Waals surface area contributed by atoms with Gasteiger partial charge in [-0.2, -0.15) is 0 Å². The van der Waals surface area contributed by atoms with Crippen LogP contribution in [0, 0.1) is 17.3 Å². The summed E-state index contributed by atoms with van der Waals surface area (Å²) in [5.74, 6) is -0.117. The van der Waals surface area contributed by atoms with Gasteiger partial charge in [-0.3, -0.25) is 9.59 Å². The third kappa shape index (κ3) is 1.75. The SMILES string of the molecule is COC(=O)C[C@H]1CO[C@H]2[C@@H]1C(=O)CC2(C)C. The van der Waals surface area contributed by atoms with Crippen LogP contribution >= 0.6 is 0 Å². The Kier molecular flexibility index (Phi) is 2.78. The number of ether oxygens (including phenoxy) is 2. The molecule has 4 heteroatoms. The van der Waals surface area contributed by atoms with E-state index in [0.717, 1.165) is 0 Å². The van der Waals surface area contributed by atoms with Gasteiger partial charge in [0, 0.05) is 12.3 Å². The molecular weight excluding hydrogens is 208 g/mol. The number of fused-ring (bicyclic) bond motifs is 1. The van der Waals surface area contributed by atoms with E-state index < -0.39 is 0 Å². The first-order valence-corrected chi connectivity index (χ1v) is 5.67. The summed E-state index contributed by atoms with van der Waals surface area (Å²) in [7, 11) is 1.37. The van der Waals surface area contributed by atoms with Gasteiger partial charge in [-0.05, 0) is 5.41 Å². The molecule has 0 bridgehead atoms. The third-order valence-corrected chi connectivity index (χ3v) is 3.75. The van der Waals surface area contributed by atoms with Crippen molar-refractivity contribution in [2.75, 3.05) is 13.7 Å². The summed E-state index contributed by atoms with van der Waals surface area (Å²) in [6.07, 6.45) is 0.828. The summed E-state index contributed by atoms with van der Waals surface area (Å²) in [5, 5.41) is 0. The Hall–Kier alpha value is -0.900. The van der Waals surface area contributed by atoms with Crippen molar-refractivity contribution in [3.8, 4) is 0 Å². The molecule has 2 aliphatic rings. The predicted octanol–water partition coefficient (Wildman–Crippen LogP) is 1.18. The van der Waals surface area contributed by atoms with Crippen molar-refractivity contribution < 1.29 is 19.1 Å². The number of hydrogen-bond donors (Lipinski definition) is 0. The molecule has 1 saturated carbocycles. The molecule has 1 saturated heterocycles. The minimum absolute atomic E-state index is 0.00623. The molecule has 0 radical (unpaired) electrons. The molecule has 0 aromatic heterocycles. The zero-order valence-electron chi connectivity index (χ0n) is 9.99. The molecule has 1 aliphatic heterocycles. The van der Waals surface area contributed by atoms with E-state index in [1.165, 1.54) is 7.11 Å². The monoisotopic (exact) mass is 226 g/mol. The van der Waals surface area contributed by atoms with Crippen LogP contribution in [-0.4, -0.2) is 31.6 Å². The van der Waals surface area contributed by atoms with Crippen molar-refractivity contribution in [2.24, 2.45) is 17.3 Å². The van der Waals surface area contributed by atoms with Gasteiger partial charge in [0.2, 0.25) is 0 Å². The van der Waals surface area contributed by atoms with Crippen molar-refractivity contribution in [3.05, 3.63) is 0 Å². The van der Waals surface area contributed by atoms with Crippen molar-refractivity contribution in [1.82, 2.24) is 0 Å². The second-order valence-electron chi connectivity index (χ2n) is 5.45. The fourth-order valence-corrected chi connectivity index (χ4v) is 2.98. The minimum atomic E-state index is -0.258. The second-order valence-corrected chi connectivity index (χ2v) is 5.45. The summed E-state index contributed by atoms with van der Waals surface area (Å²) in [6.45, 7) is 4.60. The molecule has 3 atom stereocenters. The van der Waals surface area contributed by atoms with E-state index in [1.54, 1.807) is 0 Å². The Bertz CT molecular complexity index is 321. The molecule has 2 fully saturated rings. The molecule has 0 unspecified atom stereocenters. The zero-order chi connectivity index (χ0) is 11.9. The average Bonchev–Trinajstić information content (AvgIpc) is 2.69. The number of ketones is 1. The molecule has 0 aromatic carbocycles. The molecule has 1 aliphatic carbocycles. The predicted molar refractivity (Wildman–Crippen MR) is 56.8 cm³/mol. The first kappa shape index (κ1) is 11.6. The van der Waals surface area contributed by atoms with E-state index in [0.29, 0.717) is 19.4 Å². The van der Waals surface area contributed by atoms with E-state index in [-0.39, 0.29) is 35.1 Å². The fourth-order valence-electron chi connectivity index (χ4n) is 2.98. The second kappa shape index (κ2) is 3.84. The lowest BCUT2D eigenvalue weighted by Gasteiger charge is -2.24. The van der Waals surface area contributed by atoms with E-state index in [2.05, 4.69) is 18.6 Å². The number of methoxy groups -OCH3 is 1. The smallest absolute Gasteiger partial charge is 0.305 e. The van der Waals surface area contributed by atoms with Gasteiger partial charge in [-0.1, -0.05) is 13.8 Å². The largest absolute Gasteiger partial charge is 0.469 e. The first-order chi connectivity index (χ1) is 7.45. The van der Waals surface area contributed by atoms with Gasteiger partial charge in [0.25, 0.3) is 0 Å². The summed E-state index contributed by atoms with van der Waals surface area (Å²) >= 11 is 0. The summed E-state index contributed by atoms with van der Waals surface area (Å²) in [4.78, 5) is 23.2. The lowest BCUT2D eigenvalue weighted by atomic mass is 9.84. The molecule has 90 valence electrons. The topological polar surface area (TPSA) is 52.6 Å². The Morgan fingerprint density at radius 2 is 2.25 bits per heavy atom. The fraction of sp³-hybridized carbons (Fsp3) is 0.833. The highest BCUT2D eigenvalue weighted by atomic mass is 16.5. The van der Waals surface area contributed by atoms with Gasteiger partial charge in [0.1, 0.15) is 5.78 Å². The number of esters is 1. The highest BCUT2D eigenvalue weighted by Gasteiger charge is 2.55. The standard InChI is InChI=1S/C12H18O4/c1-12(2)5-8(13)10-7(4-9(14)15-3)6-16-11(10)12/h7,10-11H,4-6H2,1-3H3/t7-,10-,11-/m0/s1. The maximum atomic E-state index is 11.9. The third-order valence-electron chi connectivity index (χ3n) is 3.75. The van der Waals surface area contributed by atoms with Crippen LogP contribution in [0.4, 0.5) is 0 Å². The Morgan fingerprint density at radius 1 is 1.56 bits per heavy atom. The van der Waals surface area contributed by atoms with Gasteiger partial charge in [-0.25, -0.2) is 0 Å². The Labute approximate surface area is 95.3 Å². The summed E-state index contributed by atoms with van der Waals surface area (Å²) in [5.41, 5.74) is -0.0907. The quantitative estimate of drug-likeness (QED) is 0.663. The van der Waals surface area contributed by atoms with Crippen LogP contribution in [0.25, 0.3) is 0 Å². The van der Waals surface area contributed by atoms with Gasteiger partial charge in [0.05, 0.1) is 32.2 Å². The van der Waals surface area contributed by atoms with Gasteiger partial charge >= 0.3 is 5.97 Å². The molecule has 0 N–H and O–H groups in total. The number of hydrogen-bond acceptors (Lipinski definition) is 4. The normalized spacial score (nSPS) is 36.2. The van der Waals surface area contributed by atoms with Crippen LogP contribution in [0.2, 0.25) is 0 Å². The van der Waals surface area contributed by atoms with Crippen LogP contribution in [0.15, 0.2) is 0 Å².